The zero-order chi connectivity index (χ0) is 46.8. The number of ether oxygens (including phenoxy) is 5. The molecule has 10 atom stereocenters. The first kappa shape index (κ1) is 54.4. The van der Waals surface area contributed by atoms with E-state index >= 15 is 0 Å². The Hall–Kier alpha value is -3.73. The van der Waals surface area contributed by atoms with Crippen molar-refractivity contribution in [2.24, 2.45) is 11.6 Å². The van der Waals surface area contributed by atoms with Crippen LogP contribution in [0.5, 0.6) is 0 Å². The maximum atomic E-state index is 12.9. The molecule has 3 rings (SSSR count). The van der Waals surface area contributed by atoms with Crippen LogP contribution in [0.2, 0.25) is 0 Å². The summed E-state index contributed by atoms with van der Waals surface area (Å²) in [6, 6.07) is 1.29. The number of Topliss-reactive ketones (excluding diaryl/α,β-unsaturated/α-hetero) is 1. The number of hydrogen-bond acceptors (Lipinski definition) is 24. The third-order valence-corrected chi connectivity index (χ3v) is 9.32. The second kappa shape index (κ2) is 25.5. The lowest BCUT2D eigenvalue weighted by Gasteiger charge is -2.49. The first-order valence-electron chi connectivity index (χ1n) is 18.3. The predicted octanol–water partition coefficient (Wildman–Crippen LogP) is -8.99. The minimum absolute atomic E-state index is 0.0225. The number of hydrogen-bond donors (Lipinski definition) is 15. The molecule has 31 heteroatoms. The van der Waals surface area contributed by atoms with Crippen LogP contribution in [0.4, 0.5) is 5.82 Å². The summed E-state index contributed by atoms with van der Waals surface area (Å²) >= 11 is 0. The number of aliphatic hydroxyl groups is 7. The van der Waals surface area contributed by atoms with Gasteiger partial charge in [0.15, 0.2) is 12.0 Å². The summed E-state index contributed by atoms with van der Waals surface area (Å²) in [6.07, 6.45) is -13.9. The van der Waals surface area contributed by atoms with E-state index in [1.165, 1.54) is 12.3 Å². The molecule has 0 radical (unpaired) electrons. The van der Waals surface area contributed by atoms with Gasteiger partial charge in [0.1, 0.15) is 54.6 Å². The summed E-state index contributed by atoms with van der Waals surface area (Å²) in [5.74, 6) is -2.40. The number of nitrogens with zero attached hydrogens (tertiary/aromatic N) is 2. The van der Waals surface area contributed by atoms with Crippen molar-refractivity contribution in [3.8, 4) is 0 Å². The number of nitrogens with two attached hydrogens (primary N) is 3. The van der Waals surface area contributed by atoms with Crippen LogP contribution >= 0.6 is 7.82 Å². The zero-order valence-corrected chi connectivity index (χ0v) is 33.7. The van der Waals surface area contributed by atoms with E-state index in [9.17, 15) is 64.3 Å². The van der Waals surface area contributed by atoms with Crippen LogP contribution in [-0.4, -0.2) is 210 Å². The number of rotatable bonds is 25. The fourth-order valence-electron chi connectivity index (χ4n) is 5.52. The number of aliphatic hydroxyl groups excluding tert-OH is 6. The Balaban J connectivity index is 0.000000523. The van der Waals surface area contributed by atoms with Crippen molar-refractivity contribution < 1.29 is 107 Å². The zero-order valence-electron chi connectivity index (χ0n) is 32.8. The summed E-state index contributed by atoms with van der Waals surface area (Å²) in [5, 5.41) is 83.5. The Morgan fingerprint density at radius 1 is 1.00 bits per heavy atom. The van der Waals surface area contributed by atoms with Gasteiger partial charge in [-0.2, -0.15) is 4.98 Å². The highest BCUT2D eigenvalue weighted by Crippen LogP contribution is 2.38. The fraction of sp³-hybridized carbons (Fsp3) is 0.742. The number of carboxylic acid groups (broad SMARTS) is 1. The lowest BCUT2D eigenvalue weighted by Crippen LogP contribution is -2.77. The number of nitrogen functional groups attached to an aromatic ring is 1. The molecule has 356 valence electrons. The van der Waals surface area contributed by atoms with E-state index in [2.05, 4.69) is 25.0 Å². The average molecular weight is 924 g/mol. The van der Waals surface area contributed by atoms with Crippen LogP contribution in [0.15, 0.2) is 17.1 Å². The molecule has 0 aliphatic carbocycles. The van der Waals surface area contributed by atoms with Crippen molar-refractivity contribution in [3.63, 3.8) is 0 Å². The molecule has 0 spiro atoms. The maximum absolute atomic E-state index is 12.9. The molecule has 1 aromatic rings. The molecule has 2 aliphatic rings. The first-order valence-corrected chi connectivity index (χ1v) is 19.8. The fourth-order valence-corrected chi connectivity index (χ4v) is 5.86. The molecule has 0 aromatic carbocycles. The molecule has 0 unspecified atom stereocenters. The highest BCUT2D eigenvalue weighted by Gasteiger charge is 2.62. The van der Waals surface area contributed by atoms with Gasteiger partial charge in [-0.05, 0) is 6.07 Å². The molecular weight excluding hydrogens is 869 g/mol. The number of carboxylic acids is 1. The Kier molecular flexibility index (Phi) is 22.4. The predicted molar refractivity (Wildman–Crippen MR) is 199 cm³/mol. The van der Waals surface area contributed by atoms with Crippen molar-refractivity contribution >= 4 is 37.2 Å². The van der Waals surface area contributed by atoms with E-state index in [-0.39, 0.29) is 70.9 Å². The number of nitrogens with one attached hydrogen (secondary N) is 2. The maximum Gasteiger partial charge on any atom is 0.469 e. The number of anilines is 1. The summed E-state index contributed by atoms with van der Waals surface area (Å²) in [5.41, 5.74) is 7.97. The molecule has 30 nitrogen and oxygen atoms in total. The van der Waals surface area contributed by atoms with Gasteiger partial charge in [0.25, 0.3) is 5.79 Å². The number of ketones is 1. The van der Waals surface area contributed by atoms with Crippen molar-refractivity contribution in [1.82, 2.24) is 20.2 Å². The third-order valence-electron chi connectivity index (χ3n) is 8.84. The van der Waals surface area contributed by atoms with Gasteiger partial charge < -0.3 is 96.4 Å². The molecule has 2 fully saturated rings. The Morgan fingerprint density at radius 3 is 2.18 bits per heavy atom. The highest BCUT2D eigenvalue weighted by atomic mass is 31.2. The molecule has 2 aliphatic heterocycles. The van der Waals surface area contributed by atoms with Gasteiger partial charge in [-0.1, -0.05) is 0 Å². The van der Waals surface area contributed by atoms with Crippen LogP contribution in [-0.2, 0) is 56.8 Å². The highest BCUT2D eigenvalue weighted by molar-refractivity contribution is 7.46. The van der Waals surface area contributed by atoms with E-state index in [1.54, 1.807) is 0 Å². The molecule has 62 heavy (non-hydrogen) atoms. The molecule has 0 bridgehead atoms. The molecule has 18 N–H and O–H groups in total. The molecule has 2 saturated heterocycles. The van der Waals surface area contributed by atoms with Crippen molar-refractivity contribution in [3.05, 3.63) is 22.7 Å². The minimum atomic E-state index is -4.74. The number of phosphoric acid groups is 1. The second-order valence-corrected chi connectivity index (χ2v) is 14.6. The smallest absolute Gasteiger partial charge is 0.469 e. The summed E-state index contributed by atoms with van der Waals surface area (Å²) in [6.45, 7) is -1.34. The standard InChI is InChI=1S/C22H40N4O15.C9H14N3O8P/c23-22(14(29)9-21(36,20(34)35)41-19(22)18(33)13(28)11-27)15(30)10-26-16(31)1-3-37-5-7-39-8-6-38-4-2-25-17(32)12-40-24;10-5-1-2-12(9(15)11-5)8-7(14)6(13)4(20-8)3-19-21(16,17)18/h13-14,18-19,27-29,33,36H,1-12,23-24H2,(H,25,32)(H,26,31)(H,34,35);1-2,4,6-8,13-14H,3H2,(H2,10,11,15)(H2,16,17,18)/t13-,14+,18-,19+,21+,22+;4-,6-,7-,8-/m11/s1. The van der Waals surface area contributed by atoms with E-state index in [4.69, 9.17) is 55.9 Å². The lowest BCUT2D eigenvalue weighted by molar-refractivity contribution is -0.303. The summed E-state index contributed by atoms with van der Waals surface area (Å²) in [4.78, 5) is 84.0. The molecule has 0 saturated carbocycles. The van der Waals surface area contributed by atoms with Crippen LogP contribution < -0.4 is 33.7 Å². The van der Waals surface area contributed by atoms with Gasteiger partial charge in [0.05, 0.1) is 65.5 Å². The average Bonchev–Trinajstić information content (AvgIpc) is 3.48. The van der Waals surface area contributed by atoms with Gasteiger partial charge in [-0.3, -0.25) is 28.3 Å². The first-order chi connectivity index (χ1) is 29.0. The van der Waals surface area contributed by atoms with Crippen LogP contribution in [0.1, 0.15) is 19.1 Å². The van der Waals surface area contributed by atoms with Crippen LogP contribution in [0.3, 0.4) is 0 Å². The third kappa shape index (κ3) is 16.4. The number of aliphatic carboxylic acids is 1. The van der Waals surface area contributed by atoms with E-state index in [0.29, 0.717) is 0 Å². The van der Waals surface area contributed by atoms with E-state index in [0.717, 1.165) is 4.57 Å². The van der Waals surface area contributed by atoms with Crippen molar-refractivity contribution in [2.45, 2.75) is 73.1 Å². The van der Waals surface area contributed by atoms with Gasteiger partial charge >= 0.3 is 19.5 Å². The van der Waals surface area contributed by atoms with Crippen molar-refractivity contribution in [2.75, 3.05) is 78.3 Å². The number of carbonyl (C=O) groups is 4. The van der Waals surface area contributed by atoms with Gasteiger partial charge in [-0.25, -0.2) is 20.1 Å². The SMILES string of the molecule is NOCC(=O)NCCOCCOCCOCCC(=O)NCC(=O)[C@@]1(N)[C@@H](O)C[C@@](O)(C(=O)O)O[C@H]1[C@H](O)[C@H](O)CO.Nc1ccn([C@@H]2O[C@H](COP(=O)(O)O)[C@@H](O)[C@H]2O)c(=O)n1. The van der Waals surface area contributed by atoms with Gasteiger partial charge in [-0.15, -0.1) is 0 Å². The number of carbonyl (C=O) groups excluding carboxylic acids is 3. The van der Waals surface area contributed by atoms with E-state index < -0.39 is 118 Å². The number of amides is 2. The Bertz CT molecular complexity index is 1710. The summed E-state index contributed by atoms with van der Waals surface area (Å²) < 4.78 is 41.7. The van der Waals surface area contributed by atoms with Crippen LogP contribution in [0.25, 0.3) is 0 Å². The normalized spacial score (nSPS) is 27.1. The minimum Gasteiger partial charge on any atom is -0.477 e. The molecular formula is C31H54N7O23P. The van der Waals surface area contributed by atoms with E-state index in [1.807, 2.05) is 0 Å². The molecule has 3 heterocycles. The monoisotopic (exact) mass is 923 g/mol. The Morgan fingerprint density at radius 2 is 1.61 bits per heavy atom. The quantitative estimate of drug-likeness (QED) is 0.0246. The topological polar surface area (TPSA) is 489 Å². The number of phosphoric ester groups is 1. The molecule has 1 aromatic heterocycles. The van der Waals surface area contributed by atoms with Crippen LogP contribution in [0, 0.1) is 0 Å². The van der Waals surface area contributed by atoms with Crippen molar-refractivity contribution in [1.29, 1.82) is 0 Å². The lowest BCUT2D eigenvalue weighted by atomic mass is 9.74. The number of aromatic nitrogens is 2. The second-order valence-electron chi connectivity index (χ2n) is 13.3. The Labute approximate surface area is 350 Å². The molecule has 2 amide bonds. The summed E-state index contributed by atoms with van der Waals surface area (Å²) in [7, 11) is -4.74. The van der Waals surface area contributed by atoms with Gasteiger partial charge in [0, 0.05) is 25.6 Å². The largest absolute Gasteiger partial charge is 0.477 e. The van der Waals surface area contributed by atoms with Gasteiger partial charge in [0.2, 0.25) is 11.8 Å².